The van der Waals surface area contributed by atoms with E-state index in [2.05, 4.69) is 39.1 Å². The van der Waals surface area contributed by atoms with Gasteiger partial charge in [-0.2, -0.15) is 8.42 Å². The first-order chi connectivity index (χ1) is 25.8. The number of piperidine rings is 1. The third-order valence-electron chi connectivity index (χ3n) is 10.4. The van der Waals surface area contributed by atoms with Crippen LogP contribution in [0.4, 0.5) is 4.79 Å². The highest BCUT2D eigenvalue weighted by Crippen LogP contribution is 2.31. The predicted octanol–water partition coefficient (Wildman–Crippen LogP) is 6.84. The number of carbonyl (C=O) groups is 2. The molecule has 268 valence electrons. The Bertz CT molecular complexity index is 2370. The Hall–Kier alpha value is -5.65. The monoisotopic (exact) mass is 725 g/mol. The molecule has 1 atom stereocenters. The molecule has 0 spiro atoms. The third-order valence-corrected chi connectivity index (χ3v) is 11.7. The minimum atomic E-state index is -4.14. The molecule has 11 heteroatoms. The molecule has 4 heterocycles. The molecule has 0 aliphatic carbocycles. The van der Waals surface area contributed by atoms with Crippen molar-refractivity contribution >= 4 is 43.6 Å². The Labute approximate surface area is 308 Å². The van der Waals surface area contributed by atoms with Crippen LogP contribution in [0.1, 0.15) is 29.5 Å². The summed E-state index contributed by atoms with van der Waals surface area (Å²) in [7, 11) is -4.14. The molecule has 0 N–H and O–H groups in total. The fourth-order valence-corrected chi connectivity index (χ4v) is 8.72. The number of carbonyl (C=O) groups excluding carboxylic acids is 2. The van der Waals surface area contributed by atoms with E-state index in [-0.39, 0.29) is 41.5 Å². The van der Waals surface area contributed by atoms with E-state index in [1.165, 1.54) is 16.5 Å². The van der Waals surface area contributed by atoms with Crippen molar-refractivity contribution in [3.63, 3.8) is 0 Å². The van der Waals surface area contributed by atoms with E-state index in [0.717, 1.165) is 54.4 Å². The number of urea groups is 1. The molecule has 8 rings (SSSR count). The van der Waals surface area contributed by atoms with Gasteiger partial charge in [0.2, 0.25) is 0 Å². The molecule has 2 saturated heterocycles. The summed E-state index contributed by atoms with van der Waals surface area (Å²) in [5.41, 5.74) is 2.93. The quantitative estimate of drug-likeness (QED) is 0.106. The van der Waals surface area contributed by atoms with Crippen molar-refractivity contribution in [3.8, 4) is 5.75 Å². The number of likely N-dealkylation sites (tertiary alicyclic amines) is 1. The van der Waals surface area contributed by atoms with Crippen LogP contribution < -0.4 is 4.18 Å². The van der Waals surface area contributed by atoms with E-state index < -0.39 is 16.2 Å². The van der Waals surface area contributed by atoms with E-state index in [1.807, 2.05) is 30.3 Å². The Kier molecular flexibility index (Phi) is 9.59. The van der Waals surface area contributed by atoms with Crippen LogP contribution in [0, 0.1) is 5.92 Å². The minimum absolute atomic E-state index is 0.0557. The number of hydrogen-bond acceptors (Lipinski definition) is 8. The van der Waals surface area contributed by atoms with Crippen molar-refractivity contribution < 1.29 is 22.2 Å². The largest absolute Gasteiger partial charge is 0.379 e. The lowest BCUT2D eigenvalue weighted by Crippen LogP contribution is -2.43. The van der Waals surface area contributed by atoms with Gasteiger partial charge in [-0.1, -0.05) is 72.8 Å². The molecule has 2 aliphatic rings. The molecular weight excluding hydrogens is 687 g/mol. The molecule has 2 fully saturated rings. The first kappa shape index (κ1) is 34.4. The zero-order valence-electron chi connectivity index (χ0n) is 29.1. The Balaban J connectivity index is 1.00. The molecular formula is C42H39N5O5S. The van der Waals surface area contributed by atoms with Crippen LogP contribution in [0.15, 0.2) is 133 Å². The number of amides is 3. The molecule has 1 unspecified atom stereocenters. The molecule has 4 aromatic carbocycles. The first-order valence-electron chi connectivity index (χ1n) is 17.9. The summed E-state index contributed by atoms with van der Waals surface area (Å²) >= 11 is 0. The van der Waals surface area contributed by atoms with Gasteiger partial charge in [-0.05, 0) is 84.3 Å². The van der Waals surface area contributed by atoms with Gasteiger partial charge in [0.15, 0.2) is 0 Å². The number of aromatic nitrogens is 2. The summed E-state index contributed by atoms with van der Waals surface area (Å²) in [6.07, 6.45) is 8.80. The van der Waals surface area contributed by atoms with Crippen LogP contribution in [-0.2, 0) is 34.4 Å². The standard InChI is InChI=1S/C42H39N5O5S/c48-41-39(24-30-12-14-36(15-13-30)52-53(50,51)40-11-5-9-34-25-43-21-17-37(34)40)46(28-32-18-22-45(23-19-32)27-31-6-2-1-3-7-31)42(49)47(41)29-35-10-4-8-33-16-20-44-26-38(33)35/h1-17,20-21,25-26,32,39H,18-19,22-24,27-29H2. The number of imide groups is 1. The summed E-state index contributed by atoms with van der Waals surface area (Å²) in [6.45, 7) is 3.38. The molecule has 10 nitrogen and oxygen atoms in total. The van der Waals surface area contributed by atoms with Gasteiger partial charge in [-0.15, -0.1) is 0 Å². The summed E-state index contributed by atoms with van der Waals surface area (Å²) < 4.78 is 32.2. The normalized spacial score (nSPS) is 17.2. The van der Waals surface area contributed by atoms with Crippen LogP contribution >= 0.6 is 0 Å². The van der Waals surface area contributed by atoms with Gasteiger partial charge in [0.1, 0.15) is 16.7 Å². The molecule has 0 saturated carbocycles. The molecule has 3 amide bonds. The highest BCUT2D eigenvalue weighted by atomic mass is 32.2. The second-order valence-electron chi connectivity index (χ2n) is 13.8. The summed E-state index contributed by atoms with van der Waals surface area (Å²) in [5, 5.41) is 3.11. The smallest absolute Gasteiger partial charge is 0.339 e. The Morgan fingerprint density at radius 3 is 2.25 bits per heavy atom. The zero-order valence-corrected chi connectivity index (χ0v) is 29.9. The van der Waals surface area contributed by atoms with Crippen molar-refractivity contribution in [2.24, 2.45) is 5.92 Å². The van der Waals surface area contributed by atoms with Crippen molar-refractivity contribution in [1.29, 1.82) is 0 Å². The summed E-state index contributed by atoms with van der Waals surface area (Å²) in [4.78, 5) is 42.4. The van der Waals surface area contributed by atoms with Gasteiger partial charge in [0.05, 0.1) is 6.54 Å². The summed E-state index contributed by atoms with van der Waals surface area (Å²) in [5.74, 6) is 0.165. The second kappa shape index (κ2) is 14.8. The molecule has 2 aromatic heterocycles. The number of rotatable bonds is 11. The molecule has 53 heavy (non-hydrogen) atoms. The average molecular weight is 726 g/mol. The fourth-order valence-electron chi connectivity index (χ4n) is 7.56. The van der Waals surface area contributed by atoms with Crippen LogP contribution in [-0.4, -0.2) is 70.7 Å². The van der Waals surface area contributed by atoms with Crippen molar-refractivity contribution in [2.75, 3.05) is 19.6 Å². The van der Waals surface area contributed by atoms with Gasteiger partial charge < -0.3 is 9.08 Å². The minimum Gasteiger partial charge on any atom is -0.379 e. The van der Waals surface area contributed by atoms with Crippen LogP contribution in [0.2, 0.25) is 0 Å². The average Bonchev–Trinajstić information content (AvgIpc) is 3.39. The molecule has 6 aromatic rings. The highest BCUT2D eigenvalue weighted by molar-refractivity contribution is 7.87. The van der Waals surface area contributed by atoms with Crippen molar-refractivity contribution in [2.45, 2.75) is 43.3 Å². The van der Waals surface area contributed by atoms with Gasteiger partial charge in [0, 0.05) is 60.5 Å². The van der Waals surface area contributed by atoms with E-state index >= 15 is 0 Å². The van der Waals surface area contributed by atoms with E-state index in [0.29, 0.717) is 17.3 Å². The number of nitrogens with zero attached hydrogens (tertiary/aromatic N) is 5. The molecule has 2 aliphatic heterocycles. The third kappa shape index (κ3) is 7.35. The predicted molar refractivity (Wildman–Crippen MR) is 202 cm³/mol. The van der Waals surface area contributed by atoms with Crippen LogP contribution in [0.3, 0.4) is 0 Å². The Morgan fingerprint density at radius 2 is 1.43 bits per heavy atom. The highest BCUT2D eigenvalue weighted by Gasteiger charge is 2.45. The maximum absolute atomic E-state index is 14.2. The number of hydrogen-bond donors (Lipinski definition) is 0. The van der Waals surface area contributed by atoms with Gasteiger partial charge in [-0.3, -0.25) is 24.6 Å². The Morgan fingerprint density at radius 1 is 0.698 bits per heavy atom. The van der Waals surface area contributed by atoms with E-state index in [9.17, 15) is 18.0 Å². The summed E-state index contributed by atoms with van der Waals surface area (Å²) in [6, 6.07) is 30.5. The lowest BCUT2D eigenvalue weighted by Gasteiger charge is -2.34. The second-order valence-corrected chi connectivity index (χ2v) is 15.3. The maximum atomic E-state index is 14.2. The van der Waals surface area contributed by atoms with Gasteiger partial charge in [-0.25, -0.2) is 4.79 Å². The zero-order chi connectivity index (χ0) is 36.4. The van der Waals surface area contributed by atoms with Crippen molar-refractivity contribution in [3.05, 3.63) is 145 Å². The van der Waals surface area contributed by atoms with E-state index in [1.54, 1.807) is 72.2 Å². The fraction of sp³-hybridized carbons (Fsp3) is 0.238. The van der Waals surface area contributed by atoms with Crippen LogP contribution in [0.25, 0.3) is 21.5 Å². The molecule has 0 radical (unpaired) electrons. The van der Waals surface area contributed by atoms with Crippen LogP contribution in [0.5, 0.6) is 5.75 Å². The SMILES string of the molecule is O=C1C(Cc2ccc(OS(=O)(=O)c3cccc4cnccc34)cc2)N(CC2CCN(Cc3ccccc3)CC2)C(=O)N1Cc1cccc2ccncc12. The van der Waals surface area contributed by atoms with E-state index in [4.69, 9.17) is 4.18 Å². The van der Waals surface area contributed by atoms with Gasteiger partial charge in [0.25, 0.3) is 5.91 Å². The lowest BCUT2D eigenvalue weighted by atomic mass is 9.95. The number of benzene rings is 4. The van der Waals surface area contributed by atoms with Gasteiger partial charge >= 0.3 is 16.1 Å². The first-order valence-corrected chi connectivity index (χ1v) is 19.3. The number of pyridine rings is 2. The van der Waals surface area contributed by atoms with Crippen molar-refractivity contribution in [1.82, 2.24) is 24.7 Å². The topological polar surface area (TPSA) is 113 Å². The lowest BCUT2D eigenvalue weighted by molar-refractivity contribution is -0.128. The molecule has 0 bridgehead atoms. The maximum Gasteiger partial charge on any atom is 0.339 e. The number of fused-ring (bicyclic) bond motifs is 2.